The minimum atomic E-state index is -0.559. The zero-order valence-electron chi connectivity index (χ0n) is 10.9. The van der Waals surface area contributed by atoms with Crippen LogP contribution in [0.1, 0.15) is 25.8 Å². The van der Waals surface area contributed by atoms with E-state index in [1.54, 1.807) is 0 Å². The van der Waals surface area contributed by atoms with Crippen LogP contribution in [0.5, 0.6) is 0 Å². The maximum absolute atomic E-state index is 11.4. The molecule has 0 spiro atoms. The summed E-state index contributed by atoms with van der Waals surface area (Å²) >= 11 is 2.36. The van der Waals surface area contributed by atoms with Crippen molar-refractivity contribution in [3.05, 3.63) is 39.5 Å². The molecule has 19 heavy (non-hydrogen) atoms. The molecule has 0 saturated carbocycles. The Bertz CT molecular complexity index is 552. The van der Waals surface area contributed by atoms with Crippen LogP contribution in [0.4, 0.5) is 4.79 Å². The van der Waals surface area contributed by atoms with E-state index in [1.165, 1.54) is 14.7 Å². The summed E-state index contributed by atoms with van der Waals surface area (Å²) in [6, 6.07) is 10.3. The minimum absolute atomic E-state index is 0.118. The van der Waals surface area contributed by atoms with E-state index >= 15 is 0 Å². The van der Waals surface area contributed by atoms with E-state index in [4.69, 9.17) is 9.47 Å². The summed E-state index contributed by atoms with van der Waals surface area (Å²) < 4.78 is 12.0. The zero-order chi connectivity index (χ0) is 13.6. The van der Waals surface area contributed by atoms with Gasteiger partial charge in [-0.25, -0.2) is 4.79 Å². The summed E-state index contributed by atoms with van der Waals surface area (Å²) in [5.74, 6) is 0.118. The Morgan fingerprint density at radius 2 is 2.00 bits per heavy atom. The third-order valence-electron chi connectivity index (χ3n) is 4.22. The third kappa shape index (κ3) is 1.96. The van der Waals surface area contributed by atoms with Crippen molar-refractivity contribution in [2.45, 2.75) is 32.0 Å². The molecule has 3 atom stereocenters. The molecule has 3 rings (SSSR count). The van der Waals surface area contributed by atoms with Crippen molar-refractivity contribution in [3.8, 4) is 0 Å². The summed E-state index contributed by atoms with van der Waals surface area (Å²) in [5.41, 5.74) is 1.90. The minimum Gasteiger partial charge on any atom is -0.426 e. The van der Waals surface area contributed by atoms with Crippen LogP contribution in [0.3, 0.4) is 0 Å². The lowest BCUT2D eigenvalue weighted by Gasteiger charge is -2.39. The van der Waals surface area contributed by atoms with E-state index in [9.17, 15) is 4.79 Å². The highest BCUT2D eigenvalue weighted by Crippen LogP contribution is 2.50. The van der Waals surface area contributed by atoms with Crippen LogP contribution in [-0.4, -0.2) is 17.9 Å². The molecular formula is C15H15IO3. The molecule has 1 aromatic rings. The van der Waals surface area contributed by atoms with Gasteiger partial charge < -0.3 is 9.47 Å². The van der Waals surface area contributed by atoms with Crippen molar-refractivity contribution in [3.63, 3.8) is 0 Å². The largest absolute Gasteiger partial charge is 0.509 e. The Morgan fingerprint density at radius 3 is 2.68 bits per heavy atom. The van der Waals surface area contributed by atoms with Crippen molar-refractivity contribution in [2.75, 3.05) is 0 Å². The number of hydrogen-bond donors (Lipinski definition) is 0. The maximum Gasteiger partial charge on any atom is 0.509 e. The Kier molecular flexibility index (Phi) is 3.08. The molecular weight excluding hydrogens is 355 g/mol. The third-order valence-corrected chi connectivity index (χ3v) is 5.24. The Morgan fingerprint density at radius 1 is 1.32 bits per heavy atom. The van der Waals surface area contributed by atoms with Gasteiger partial charge in [0.2, 0.25) is 0 Å². The van der Waals surface area contributed by atoms with Crippen molar-refractivity contribution in [1.82, 2.24) is 0 Å². The topological polar surface area (TPSA) is 35.5 Å². The van der Waals surface area contributed by atoms with Crippen LogP contribution in [0, 0.1) is 5.92 Å². The lowest BCUT2D eigenvalue weighted by atomic mass is 9.73. The van der Waals surface area contributed by atoms with Gasteiger partial charge in [0, 0.05) is 12.3 Å². The number of ether oxygens (including phenoxy) is 2. The quantitative estimate of drug-likeness (QED) is 0.550. The highest BCUT2D eigenvalue weighted by Gasteiger charge is 2.55. The molecule has 0 bridgehead atoms. The summed E-state index contributed by atoms with van der Waals surface area (Å²) in [7, 11) is 0. The van der Waals surface area contributed by atoms with Crippen LogP contribution in [0.15, 0.2) is 33.9 Å². The highest BCUT2D eigenvalue weighted by atomic mass is 127. The summed E-state index contributed by atoms with van der Waals surface area (Å²) in [6.45, 7) is 4.08. The fourth-order valence-electron chi connectivity index (χ4n) is 2.93. The predicted molar refractivity (Wildman–Crippen MR) is 80.9 cm³/mol. The average molecular weight is 370 g/mol. The second-order valence-electron chi connectivity index (χ2n) is 5.25. The SMILES string of the molecule is C[C@@H]1C(c2ccccc2)=C(I)C[C@H]2OC(=O)O[C@@]12C. The first-order valence-electron chi connectivity index (χ1n) is 6.36. The molecule has 1 aliphatic carbocycles. The number of carbonyl (C=O) groups excluding carboxylic acids is 1. The first-order chi connectivity index (χ1) is 9.02. The van der Waals surface area contributed by atoms with Gasteiger partial charge in [-0.05, 0) is 44.2 Å². The van der Waals surface area contributed by atoms with Crippen LogP contribution < -0.4 is 0 Å². The van der Waals surface area contributed by atoms with Crippen molar-refractivity contribution in [1.29, 1.82) is 0 Å². The molecule has 0 N–H and O–H groups in total. The summed E-state index contributed by atoms with van der Waals surface area (Å²) in [5, 5.41) is 0. The average Bonchev–Trinajstić information content (AvgIpc) is 2.66. The Labute approximate surface area is 126 Å². The standard InChI is InChI=1S/C15H15IO3/c1-9-13(10-6-4-3-5-7-10)11(16)8-12-15(9,2)19-14(17)18-12/h3-7,9,12H,8H2,1-2H3/t9-,12-,15+/m1/s1. The predicted octanol–water partition coefficient (Wildman–Crippen LogP) is 4.17. The highest BCUT2D eigenvalue weighted by molar-refractivity contribution is 14.1. The smallest absolute Gasteiger partial charge is 0.426 e. The molecule has 0 radical (unpaired) electrons. The van der Waals surface area contributed by atoms with E-state index in [2.05, 4.69) is 41.6 Å². The number of carbonyl (C=O) groups is 1. The second-order valence-corrected chi connectivity index (χ2v) is 6.55. The Hall–Kier alpha value is -1.04. The number of rotatable bonds is 1. The monoisotopic (exact) mass is 370 g/mol. The van der Waals surface area contributed by atoms with Gasteiger partial charge in [0.15, 0.2) is 5.60 Å². The van der Waals surface area contributed by atoms with Gasteiger partial charge in [-0.3, -0.25) is 0 Å². The molecule has 100 valence electrons. The van der Waals surface area contributed by atoms with Gasteiger partial charge in [0.25, 0.3) is 0 Å². The first-order valence-corrected chi connectivity index (χ1v) is 7.44. The maximum atomic E-state index is 11.4. The molecule has 0 amide bonds. The van der Waals surface area contributed by atoms with Gasteiger partial charge in [-0.1, -0.05) is 37.3 Å². The van der Waals surface area contributed by atoms with E-state index in [0.717, 1.165) is 6.42 Å². The normalized spacial score (nSPS) is 33.7. The summed E-state index contributed by atoms with van der Waals surface area (Å²) in [4.78, 5) is 11.4. The molecule has 1 heterocycles. The lowest BCUT2D eigenvalue weighted by molar-refractivity contribution is 0.0134. The lowest BCUT2D eigenvalue weighted by Crippen LogP contribution is -2.46. The van der Waals surface area contributed by atoms with Crippen molar-refractivity contribution < 1.29 is 14.3 Å². The molecule has 1 fully saturated rings. The number of halogens is 1. The Balaban J connectivity index is 2.06. The molecule has 2 aliphatic rings. The molecule has 1 aliphatic heterocycles. The fraction of sp³-hybridized carbons (Fsp3) is 0.400. The number of benzene rings is 1. The van der Waals surface area contributed by atoms with Gasteiger partial charge in [-0.2, -0.15) is 0 Å². The molecule has 4 heteroatoms. The molecule has 3 nitrogen and oxygen atoms in total. The fourth-order valence-corrected chi connectivity index (χ4v) is 4.11. The van der Waals surface area contributed by atoms with Crippen molar-refractivity contribution >= 4 is 34.3 Å². The zero-order valence-corrected chi connectivity index (χ0v) is 13.0. The second kappa shape index (κ2) is 4.51. The van der Waals surface area contributed by atoms with E-state index in [-0.39, 0.29) is 12.0 Å². The van der Waals surface area contributed by atoms with Crippen LogP contribution >= 0.6 is 22.6 Å². The van der Waals surface area contributed by atoms with Crippen LogP contribution in [0.25, 0.3) is 5.57 Å². The van der Waals surface area contributed by atoms with E-state index in [1.807, 2.05) is 25.1 Å². The molecule has 0 aromatic heterocycles. The van der Waals surface area contributed by atoms with Crippen molar-refractivity contribution in [2.24, 2.45) is 5.92 Å². The van der Waals surface area contributed by atoms with Gasteiger partial charge in [-0.15, -0.1) is 0 Å². The van der Waals surface area contributed by atoms with Gasteiger partial charge >= 0.3 is 6.16 Å². The van der Waals surface area contributed by atoms with Crippen LogP contribution in [0.2, 0.25) is 0 Å². The van der Waals surface area contributed by atoms with Gasteiger partial charge in [0.05, 0.1) is 0 Å². The van der Waals surface area contributed by atoms with E-state index < -0.39 is 11.8 Å². The van der Waals surface area contributed by atoms with Crippen LogP contribution in [-0.2, 0) is 9.47 Å². The van der Waals surface area contributed by atoms with E-state index in [0.29, 0.717) is 0 Å². The molecule has 0 unspecified atom stereocenters. The molecule has 1 saturated heterocycles. The summed E-state index contributed by atoms with van der Waals surface area (Å²) in [6.07, 6.45) is 0.0180. The van der Waals surface area contributed by atoms with Gasteiger partial charge in [0.1, 0.15) is 6.10 Å². The number of fused-ring (bicyclic) bond motifs is 1. The molecule has 1 aromatic carbocycles. The first kappa shape index (κ1) is 13.0. The number of hydrogen-bond acceptors (Lipinski definition) is 3.